The first-order valence-corrected chi connectivity index (χ1v) is 9.47. The number of para-hydroxylation sites is 1. The van der Waals surface area contributed by atoms with E-state index in [2.05, 4.69) is 36.5 Å². The number of nitrogens with two attached hydrogens (primary N) is 1. The molecule has 3 N–H and O–H groups in total. The number of rotatable bonds is 7. The summed E-state index contributed by atoms with van der Waals surface area (Å²) in [6, 6.07) is 21.5. The van der Waals surface area contributed by atoms with E-state index >= 15 is 0 Å². The van der Waals surface area contributed by atoms with Crippen LogP contribution in [0.25, 0.3) is 10.8 Å². The Morgan fingerprint density at radius 3 is 2.54 bits per heavy atom. The number of anilines is 1. The quantitative estimate of drug-likeness (QED) is 0.621. The van der Waals surface area contributed by atoms with Crippen LogP contribution in [-0.4, -0.2) is 25.0 Å². The second kappa shape index (κ2) is 9.15. The van der Waals surface area contributed by atoms with E-state index < -0.39 is 5.97 Å². The lowest BCUT2D eigenvalue weighted by atomic mass is 10.00. The van der Waals surface area contributed by atoms with Crippen LogP contribution in [0.2, 0.25) is 0 Å². The molecule has 0 radical (unpaired) electrons. The van der Waals surface area contributed by atoms with Gasteiger partial charge in [-0.3, -0.25) is 4.79 Å². The molecule has 0 saturated heterocycles. The van der Waals surface area contributed by atoms with Crippen molar-refractivity contribution < 1.29 is 19.6 Å². The summed E-state index contributed by atoms with van der Waals surface area (Å²) in [7, 11) is 0. The van der Waals surface area contributed by atoms with E-state index in [0.717, 1.165) is 0 Å². The molecule has 0 fully saturated rings. The summed E-state index contributed by atoms with van der Waals surface area (Å²) in [4.78, 5) is 24.5. The fourth-order valence-electron chi connectivity index (χ4n) is 3.24. The highest BCUT2D eigenvalue weighted by molar-refractivity contribution is 6.01. The van der Waals surface area contributed by atoms with E-state index in [9.17, 15) is 9.59 Å². The fourth-order valence-corrected chi connectivity index (χ4v) is 3.24. The number of quaternary nitrogens is 1. The van der Waals surface area contributed by atoms with Crippen molar-refractivity contribution in [2.45, 2.75) is 19.9 Å². The first-order chi connectivity index (χ1) is 13.6. The molecule has 0 unspecified atom stereocenters. The van der Waals surface area contributed by atoms with Crippen LogP contribution in [0.15, 0.2) is 66.7 Å². The van der Waals surface area contributed by atoms with Gasteiger partial charge >= 0.3 is 5.97 Å². The molecular formula is C23H25N2O3+. The van der Waals surface area contributed by atoms with Gasteiger partial charge in [-0.1, -0.05) is 54.6 Å². The summed E-state index contributed by atoms with van der Waals surface area (Å²) in [6.07, 6.45) is 0. The molecular weight excluding hydrogens is 352 g/mol. The van der Waals surface area contributed by atoms with E-state index in [1.165, 1.54) is 16.3 Å². The number of amides is 1. The maximum Gasteiger partial charge on any atom is 0.340 e. The van der Waals surface area contributed by atoms with Crippen molar-refractivity contribution in [1.29, 1.82) is 0 Å². The average Bonchev–Trinajstić information content (AvgIpc) is 2.72. The van der Waals surface area contributed by atoms with Gasteiger partial charge in [-0.2, -0.15) is 0 Å². The third-order valence-electron chi connectivity index (χ3n) is 4.67. The van der Waals surface area contributed by atoms with Gasteiger partial charge in [-0.25, -0.2) is 4.79 Å². The minimum Gasteiger partial charge on any atom is -0.462 e. The molecule has 3 aromatic carbocycles. The highest BCUT2D eigenvalue weighted by atomic mass is 16.5. The second-order valence-electron chi connectivity index (χ2n) is 6.61. The molecule has 0 heterocycles. The first-order valence-electron chi connectivity index (χ1n) is 9.47. The Labute approximate surface area is 164 Å². The van der Waals surface area contributed by atoms with Gasteiger partial charge in [0.15, 0.2) is 6.54 Å². The number of hydrogen-bond donors (Lipinski definition) is 2. The molecule has 28 heavy (non-hydrogen) atoms. The highest BCUT2D eigenvalue weighted by Gasteiger charge is 2.17. The summed E-state index contributed by atoms with van der Waals surface area (Å²) in [5, 5.41) is 7.20. The predicted octanol–water partition coefficient (Wildman–Crippen LogP) is 3.28. The predicted molar refractivity (Wildman–Crippen MR) is 110 cm³/mol. The normalized spacial score (nSPS) is 11.8. The van der Waals surface area contributed by atoms with Crippen molar-refractivity contribution in [3.05, 3.63) is 77.9 Å². The molecule has 5 heteroatoms. The van der Waals surface area contributed by atoms with Crippen molar-refractivity contribution in [3.63, 3.8) is 0 Å². The Balaban J connectivity index is 1.65. The van der Waals surface area contributed by atoms with Crippen LogP contribution in [0.5, 0.6) is 0 Å². The largest absolute Gasteiger partial charge is 0.462 e. The van der Waals surface area contributed by atoms with Crippen LogP contribution in [0, 0.1) is 0 Å². The monoisotopic (exact) mass is 377 g/mol. The molecule has 0 aromatic heterocycles. The second-order valence-corrected chi connectivity index (χ2v) is 6.61. The molecule has 0 aliphatic heterocycles. The van der Waals surface area contributed by atoms with Crippen LogP contribution < -0.4 is 10.6 Å². The number of hydrogen-bond acceptors (Lipinski definition) is 3. The fraction of sp³-hybridized carbons (Fsp3) is 0.217. The Morgan fingerprint density at radius 2 is 1.71 bits per heavy atom. The lowest BCUT2D eigenvalue weighted by Crippen LogP contribution is -2.86. The molecule has 5 nitrogen and oxygen atoms in total. The van der Waals surface area contributed by atoms with Gasteiger partial charge in [0.1, 0.15) is 6.04 Å². The molecule has 0 aliphatic rings. The molecule has 3 aromatic rings. The first kappa shape index (κ1) is 19.6. The molecule has 144 valence electrons. The lowest BCUT2D eigenvalue weighted by Gasteiger charge is -2.14. The Hall–Kier alpha value is -3.18. The average molecular weight is 377 g/mol. The van der Waals surface area contributed by atoms with Crippen molar-refractivity contribution in [1.82, 2.24) is 0 Å². The molecule has 1 amide bonds. The standard InChI is InChI=1S/C23H24N2O3/c1-3-28-23(27)20-12-6-7-14-21(20)25-22(26)15-24-16(2)18-13-8-10-17-9-4-5-11-19(17)18/h4-14,16,24H,3,15H2,1-2H3,(H,25,26)/p+1/t16-/m1/s1. The topological polar surface area (TPSA) is 72.0 Å². The number of carbonyl (C=O) groups excluding carboxylic acids is 2. The molecule has 0 saturated carbocycles. The summed E-state index contributed by atoms with van der Waals surface area (Å²) in [5.74, 6) is -0.602. The van der Waals surface area contributed by atoms with Crippen molar-refractivity contribution >= 4 is 28.3 Å². The number of fused-ring (bicyclic) bond motifs is 1. The van der Waals surface area contributed by atoms with Crippen molar-refractivity contribution in [3.8, 4) is 0 Å². The van der Waals surface area contributed by atoms with Gasteiger partial charge in [-0.05, 0) is 36.8 Å². The van der Waals surface area contributed by atoms with Crippen molar-refractivity contribution in [2.24, 2.45) is 0 Å². The van der Waals surface area contributed by atoms with Crippen LogP contribution in [0.3, 0.4) is 0 Å². The van der Waals surface area contributed by atoms with E-state index in [1.54, 1.807) is 31.2 Å². The van der Waals surface area contributed by atoms with Gasteiger partial charge in [0, 0.05) is 5.56 Å². The van der Waals surface area contributed by atoms with Crippen LogP contribution >= 0.6 is 0 Å². The number of ether oxygens (including phenoxy) is 1. The SMILES string of the molecule is CCOC(=O)c1ccccc1NC(=O)C[NH2+][C@H](C)c1cccc2ccccc12. The summed E-state index contributed by atoms with van der Waals surface area (Å²) in [6.45, 7) is 4.38. The third-order valence-corrected chi connectivity index (χ3v) is 4.67. The minimum absolute atomic E-state index is 0.122. The van der Waals surface area contributed by atoms with Gasteiger partial charge < -0.3 is 15.4 Å². The van der Waals surface area contributed by atoms with Crippen LogP contribution in [-0.2, 0) is 9.53 Å². The smallest absolute Gasteiger partial charge is 0.340 e. The zero-order chi connectivity index (χ0) is 19.9. The summed E-state index contributed by atoms with van der Waals surface area (Å²) < 4.78 is 5.05. The zero-order valence-electron chi connectivity index (χ0n) is 16.1. The number of nitrogens with one attached hydrogen (secondary N) is 1. The summed E-state index contributed by atoms with van der Waals surface area (Å²) in [5.41, 5.74) is 2.02. The van der Waals surface area contributed by atoms with Gasteiger partial charge in [0.2, 0.25) is 0 Å². The number of esters is 1. The molecule has 3 rings (SSSR count). The molecule has 0 bridgehead atoms. The lowest BCUT2D eigenvalue weighted by molar-refractivity contribution is -0.682. The van der Waals surface area contributed by atoms with Crippen molar-refractivity contribution in [2.75, 3.05) is 18.5 Å². The Bertz CT molecular complexity index is 979. The van der Waals surface area contributed by atoms with E-state index in [1.807, 2.05) is 23.5 Å². The molecule has 0 aliphatic carbocycles. The van der Waals surface area contributed by atoms with E-state index in [-0.39, 0.29) is 25.1 Å². The maximum absolute atomic E-state index is 12.5. The summed E-state index contributed by atoms with van der Waals surface area (Å²) >= 11 is 0. The van der Waals surface area contributed by atoms with Crippen LogP contribution in [0.1, 0.15) is 35.8 Å². The van der Waals surface area contributed by atoms with E-state index in [0.29, 0.717) is 11.3 Å². The van der Waals surface area contributed by atoms with Gasteiger partial charge in [0.25, 0.3) is 5.91 Å². The Kier molecular flexibility index (Phi) is 6.40. The van der Waals surface area contributed by atoms with Gasteiger partial charge in [0.05, 0.1) is 17.9 Å². The molecule has 1 atom stereocenters. The Morgan fingerprint density at radius 1 is 1.00 bits per heavy atom. The number of benzene rings is 3. The minimum atomic E-state index is -0.438. The van der Waals surface area contributed by atoms with Gasteiger partial charge in [-0.15, -0.1) is 0 Å². The van der Waals surface area contributed by atoms with E-state index in [4.69, 9.17) is 4.74 Å². The highest BCUT2D eigenvalue weighted by Crippen LogP contribution is 2.22. The maximum atomic E-state index is 12.5. The third kappa shape index (κ3) is 4.56. The molecule has 0 spiro atoms. The van der Waals surface area contributed by atoms with Crippen LogP contribution in [0.4, 0.5) is 5.69 Å². The number of carbonyl (C=O) groups is 2. The zero-order valence-corrected chi connectivity index (χ0v) is 16.1.